The first-order valence-electron chi connectivity index (χ1n) is 7.21. The predicted molar refractivity (Wildman–Crippen MR) is 91.9 cm³/mol. The molecule has 2 aromatic carbocycles. The molecule has 118 valence electrons. The second-order valence-electron chi connectivity index (χ2n) is 5.62. The minimum absolute atomic E-state index is 0.0512. The molecule has 1 aliphatic heterocycles. The van der Waals surface area contributed by atoms with Crippen molar-refractivity contribution in [3.63, 3.8) is 0 Å². The molecular formula is C17H15ClN2O2S. The molecule has 0 spiro atoms. The third kappa shape index (κ3) is 3.34. The summed E-state index contributed by atoms with van der Waals surface area (Å²) < 4.78 is 25.0. The highest BCUT2D eigenvalue weighted by molar-refractivity contribution is 7.91. The summed E-state index contributed by atoms with van der Waals surface area (Å²) >= 11 is 6.18. The van der Waals surface area contributed by atoms with Crippen LogP contribution < -0.4 is 5.32 Å². The van der Waals surface area contributed by atoms with Crippen molar-refractivity contribution < 1.29 is 8.42 Å². The van der Waals surface area contributed by atoms with Crippen molar-refractivity contribution in [2.45, 2.75) is 11.3 Å². The van der Waals surface area contributed by atoms with E-state index in [0.717, 1.165) is 11.3 Å². The fourth-order valence-corrected chi connectivity index (χ4v) is 4.77. The van der Waals surface area contributed by atoms with Crippen LogP contribution in [0, 0.1) is 12.5 Å². The van der Waals surface area contributed by atoms with E-state index in [0.29, 0.717) is 28.6 Å². The molecule has 1 atom stereocenters. The number of halogens is 1. The largest absolute Gasteiger partial charge is 0.383 e. The molecule has 0 amide bonds. The molecule has 1 aliphatic rings. The summed E-state index contributed by atoms with van der Waals surface area (Å²) in [5.74, 6) is 0.0216. The average molecular weight is 347 g/mol. The van der Waals surface area contributed by atoms with Crippen LogP contribution in [-0.4, -0.2) is 20.7 Å². The van der Waals surface area contributed by atoms with Crippen molar-refractivity contribution in [2.24, 2.45) is 5.92 Å². The SMILES string of the molecule is [C-]#[N+]c1cc(Cl)c2c(c1)CC(CS(=O)(=O)c1ccccc1)CN2. The fourth-order valence-electron chi connectivity index (χ4n) is 2.85. The van der Waals surface area contributed by atoms with Crippen LogP contribution in [0.3, 0.4) is 0 Å². The number of sulfone groups is 1. The number of nitrogens with one attached hydrogen (secondary N) is 1. The summed E-state index contributed by atoms with van der Waals surface area (Å²) in [7, 11) is -3.32. The normalized spacial score (nSPS) is 17.0. The summed E-state index contributed by atoms with van der Waals surface area (Å²) in [6, 6.07) is 11.9. The number of nitrogens with zero attached hydrogens (tertiary/aromatic N) is 1. The molecule has 0 saturated carbocycles. The molecule has 1 heterocycles. The van der Waals surface area contributed by atoms with Crippen molar-refractivity contribution >= 4 is 32.8 Å². The van der Waals surface area contributed by atoms with Crippen molar-refractivity contribution in [1.82, 2.24) is 0 Å². The Bertz CT molecular complexity index is 873. The zero-order valence-corrected chi connectivity index (χ0v) is 13.9. The van der Waals surface area contributed by atoms with Crippen molar-refractivity contribution in [2.75, 3.05) is 17.6 Å². The third-order valence-corrected chi connectivity index (χ3v) is 6.12. The Morgan fingerprint density at radius 2 is 2.00 bits per heavy atom. The Hall–Kier alpha value is -2.03. The highest BCUT2D eigenvalue weighted by Crippen LogP contribution is 2.36. The number of benzene rings is 2. The number of rotatable bonds is 3. The van der Waals surface area contributed by atoms with Crippen LogP contribution in [0.2, 0.25) is 5.02 Å². The van der Waals surface area contributed by atoms with Gasteiger partial charge in [0.15, 0.2) is 15.5 Å². The highest BCUT2D eigenvalue weighted by Gasteiger charge is 2.26. The lowest BCUT2D eigenvalue weighted by molar-refractivity contribution is 0.553. The molecule has 0 aromatic heterocycles. The molecule has 0 radical (unpaired) electrons. The van der Waals surface area contributed by atoms with E-state index in [2.05, 4.69) is 10.2 Å². The summed E-state index contributed by atoms with van der Waals surface area (Å²) in [5, 5.41) is 3.72. The van der Waals surface area contributed by atoms with Gasteiger partial charge in [-0.25, -0.2) is 13.3 Å². The van der Waals surface area contributed by atoms with Crippen molar-refractivity contribution in [3.8, 4) is 0 Å². The van der Waals surface area contributed by atoms with Crippen LogP contribution >= 0.6 is 11.6 Å². The zero-order chi connectivity index (χ0) is 16.4. The molecule has 1 unspecified atom stereocenters. The molecule has 0 fully saturated rings. The predicted octanol–water partition coefficient (Wildman–Crippen LogP) is 3.95. The zero-order valence-electron chi connectivity index (χ0n) is 12.3. The van der Waals surface area contributed by atoms with Crippen molar-refractivity contribution in [3.05, 3.63) is 64.5 Å². The van der Waals surface area contributed by atoms with Crippen LogP contribution in [0.5, 0.6) is 0 Å². The Kier molecular flexibility index (Phi) is 4.29. The maximum Gasteiger partial charge on any atom is 0.189 e. The highest BCUT2D eigenvalue weighted by atomic mass is 35.5. The van der Waals surface area contributed by atoms with Gasteiger partial charge in [-0.3, -0.25) is 0 Å². The molecule has 0 saturated heterocycles. The van der Waals surface area contributed by atoms with Gasteiger partial charge in [0.1, 0.15) is 0 Å². The van der Waals surface area contributed by atoms with E-state index in [1.54, 1.807) is 42.5 Å². The topological polar surface area (TPSA) is 50.5 Å². The van der Waals surface area contributed by atoms with Gasteiger partial charge in [0, 0.05) is 6.54 Å². The molecule has 6 heteroatoms. The van der Waals surface area contributed by atoms with E-state index < -0.39 is 9.84 Å². The van der Waals surface area contributed by atoms with Gasteiger partial charge >= 0.3 is 0 Å². The van der Waals surface area contributed by atoms with E-state index in [1.165, 1.54) is 0 Å². The van der Waals surface area contributed by atoms with Gasteiger partial charge in [0.05, 0.1) is 27.9 Å². The van der Waals surface area contributed by atoms with Gasteiger partial charge in [-0.05, 0) is 36.1 Å². The molecular weight excluding hydrogens is 332 g/mol. The van der Waals surface area contributed by atoms with E-state index >= 15 is 0 Å². The number of anilines is 1. The van der Waals surface area contributed by atoms with Crippen LogP contribution in [0.1, 0.15) is 5.56 Å². The molecule has 2 aromatic rings. The van der Waals surface area contributed by atoms with E-state index in [9.17, 15) is 8.42 Å². The lowest BCUT2D eigenvalue weighted by Gasteiger charge is -2.27. The molecule has 0 bridgehead atoms. The fraction of sp³-hybridized carbons (Fsp3) is 0.235. The average Bonchev–Trinajstić information content (AvgIpc) is 2.55. The number of fused-ring (bicyclic) bond motifs is 1. The maximum atomic E-state index is 12.5. The van der Waals surface area contributed by atoms with E-state index in [1.807, 2.05) is 0 Å². The van der Waals surface area contributed by atoms with Crippen LogP contribution in [0.4, 0.5) is 11.4 Å². The summed E-state index contributed by atoms with van der Waals surface area (Å²) in [6.07, 6.45) is 0.595. The first-order valence-corrected chi connectivity index (χ1v) is 9.24. The van der Waals surface area contributed by atoms with Gasteiger partial charge in [-0.1, -0.05) is 35.9 Å². The van der Waals surface area contributed by atoms with Gasteiger partial charge < -0.3 is 5.32 Å². The minimum Gasteiger partial charge on any atom is -0.383 e. The molecule has 23 heavy (non-hydrogen) atoms. The van der Waals surface area contributed by atoms with E-state index in [4.69, 9.17) is 18.2 Å². The van der Waals surface area contributed by atoms with Gasteiger partial charge in [0.2, 0.25) is 0 Å². The molecule has 1 N–H and O–H groups in total. The lowest BCUT2D eigenvalue weighted by atomic mass is 9.95. The molecule has 4 nitrogen and oxygen atoms in total. The summed E-state index contributed by atoms with van der Waals surface area (Å²) in [5.41, 5.74) is 2.19. The Balaban J connectivity index is 1.83. The van der Waals surface area contributed by atoms with Gasteiger partial charge in [-0.2, -0.15) is 0 Å². The molecule has 0 aliphatic carbocycles. The Labute approximate surface area is 140 Å². The second-order valence-corrected chi connectivity index (χ2v) is 8.06. The standard InChI is InChI=1S/C17H15ClN2O2S/c1-19-14-8-13-7-12(10-20-17(13)16(18)9-14)11-23(21,22)15-5-3-2-4-6-15/h2-6,8-9,12,20H,7,10-11H2. The van der Waals surface area contributed by atoms with E-state index in [-0.39, 0.29) is 11.7 Å². The lowest BCUT2D eigenvalue weighted by Crippen LogP contribution is -2.29. The molecule has 3 rings (SSSR count). The summed E-state index contributed by atoms with van der Waals surface area (Å²) in [6.45, 7) is 7.67. The van der Waals surface area contributed by atoms with Crippen LogP contribution in [0.25, 0.3) is 4.85 Å². The first-order chi connectivity index (χ1) is 11.0. The smallest absolute Gasteiger partial charge is 0.189 e. The van der Waals surface area contributed by atoms with Crippen LogP contribution in [0.15, 0.2) is 47.4 Å². The maximum absolute atomic E-state index is 12.5. The first kappa shape index (κ1) is 15.9. The second kappa shape index (κ2) is 6.23. The number of hydrogen-bond donors (Lipinski definition) is 1. The Morgan fingerprint density at radius 1 is 1.26 bits per heavy atom. The van der Waals surface area contributed by atoms with Crippen molar-refractivity contribution in [1.29, 1.82) is 0 Å². The Morgan fingerprint density at radius 3 is 2.70 bits per heavy atom. The van der Waals surface area contributed by atoms with Crippen LogP contribution in [-0.2, 0) is 16.3 Å². The third-order valence-electron chi connectivity index (χ3n) is 3.92. The van der Waals surface area contributed by atoms with Gasteiger partial charge in [0.25, 0.3) is 0 Å². The monoisotopic (exact) mass is 346 g/mol. The number of hydrogen-bond acceptors (Lipinski definition) is 3. The summed E-state index contributed by atoms with van der Waals surface area (Å²) in [4.78, 5) is 3.75. The van der Waals surface area contributed by atoms with Gasteiger partial charge in [-0.15, -0.1) is 0 Å². The minimum atomic E-state index is -3.32. The quantitative estimate of drug-likeness (QED) is 0.856.